The first-order valence-corrected chi connectivity index (χ1v) is 10.4. The van der Waals surface area contributed by atoms with Crippen molar-refractivity contribution in [3.8, 4) is 5.75 Å². The number of sulfonamides is 1. The average Bonchev–Trinajstić information content (AvgIpc) is 2.71. The second-order valence-corrected chi connectivity index (χ2v) is 8.25. The molecule has 0 aliphatic carbocycles. The topological polar surface area (TPSA) is 84.5 Å². The molecular formula is C22H22N2O4S. The minimum atomic E-state index is -3.76. The number of carbonyl (C=O) groups is 1. The average molecular weight is 410 g/mol. The van der Waals surface area contributed by atoms with Crippen LogP contribution in [0.15, 0.2) is 71.6 Å². The molecule has 0 spiro atoms. The molecule has 7 heteroatoms. The summed E-state index contributed by atoms with van der Waals surface area (Å²) in [6.45, 7) is 3.78. The minimum Gasteiger partial charge on any atom is -0.497 e. The molecule has 0 saturated carbocycles. The van der Waals surface area contributed by atoms with E-state index in [1.165, 1.54) is 24.3 Å². The van der Waals surface area contributed by atoms with E-state index < -0.39 is 10.0 Å². The molecule has 0 atom stereocenters. The first-order chi connectivity index (χ1) is 13.8. The standard InChI is InChI=1S/C22H22N2O4S/c1-15-6-4-9-21(16(15)2)24-29(26,27)20-12-10-17(11-13-20)22(25)23-18-7-5-8-19(14-18)28-3/h4-14,24H,1-3H3,(H,23,25). The van der Waals surface area contributed by atoms with E-state index in [2.05, 4.69) is 10.0 Å². The van der Waals surface area contributed by atoms with Gasteiger partial charge in [-0.3, -0.25) is 9.52 Å². The lowest BCUT2D eigenvalue weighted by Crippen LogP contribution is -2.15. The van der Waals surface area contributed by atoms with Crippen molar-refractivity contribution in [2.45, 2.75) is 18.7 Å². The van der Waals surface area contributed by atoms with Crippen molar-refractivity contribution in [2.24, 2.45) is 0 Å². The monoisotopic (exact) mass is 410 g/mol. The highest BCUT2D eigenvalue weighted by atomic mass is 32.2. The van der Waals surface area contributed by atoms with Crippen LogP contribution in [0, 0.1) is 13.8 Å². The van der Waals surface area contributed by atoms with Gasteiger partial charge in [0, 0.05) is 17.3 Å². The Morgan fingerprint density at radius 3 is 2.31 bits per heavy atom. The van der Waals surface area contributed by atoms with Gasteiger partial charge in [-0.1, -0.05) is 18.2 Å². The SMILES string of the molecule is COc1cccc(NC(=O)c2ccc(S(=O)(=O)Nc3cccc(C)c3C)cc2)c1. The lowest BCUT2D eigenvalue weighted by atomic mass is 10.1. The zero-order valence-electron chi connectivity index (χ0n) is 16.4. The largest absolute Gasteiger partial charge is 0.497 e. The first kappa shape index (κ1) is 20.4. The van der Waals surface area contributed by atoms with Crippen molar-refractivity contribution in [1.29, 1.82) is 0 Å². The number of amides is 1. The minimum absolute atomic E-state index is 0.0799. The molecule has 1 amide bonds. The van der Waals surface area contributed by atoms with Gasteiger partial charge in [0.1, 0.15) is 5.75 Å². The molecule has 0 unspecified atom stereocenters. The zero-order chi connectivity index (χ0) is 21.0. The summed E-state index contributed by atoms with van der Waals surface area (Å²) in [7, 11) is -2.21. The van der Waals surface area contributed by atoms with Gasteiger partial charge in [0.2, 0.25) is 0 Å². The van der Waals surface area contributed by atoms with E-state index in [4.69, 9.17) is 4.74 Å². The van der Waals surface area contributed by atoms with Crippen LogP contribution in [-0.2, 0) is 10.0 Å². The molecule has 0 saturated heterocycles. The Morgan fingerprint density at radius 2 is 1.62 bits per heavy atom. The van der Waals surface area contributed by atoms with Crippen molar-refractivity contribution in [3.05, 3.63) is 83.4 Å². The summed E-state index contributed by atoms with van der Waals surface area (Å²) in [5, 5.41) is 2.76. The van der Waals surface area contributed by atoms with Crippen LogP contribution in [-0.4, -0.2) is 21.4 Å². The van der Waals surface area contributed by atoms with E-state index in [9.17, 15) is 13.2 Å². The highest BCUT2D eigenvalue weighted by Crippen LogP contribution is 2.23. The summed E-state index contributed by atoms with van der Waals surface area (Å²) < 4.78 is 33.1. The van der Waals surface area contributed by atoms with Crippen molar-refractivity contribution in [1.82, 2.24) is 0 Å². The molecule has 3 aromatic carbocycles. The maximum atomic E-state index is 12.7. The summed E-state index contributed by atoms with van der Waals surface area (Å²) in [5.74, 6) is 0.284. The summed E-state index contributed by atoms with van der Waals surface area (Å²) in [5.41, 5.74) is 3.33. The Labute approximate surface area is 170 Å². The van der Waals surface area contributed by atoms with Gasteiger partial charge in [0.25, 0.3) is 15.9 Å². The molecule has 150 valence electrons. The summed E-state index contributed by atoms with van der Waals surface area (Å²) >= 11 is 0. The van der Waals surface area contributed by atoms with E-state index in [-0.39, 0.29) is 10.8 Å². The van der Waals surface area contributed by atoms with E-state index in [1.54, 1.807) is 43.5 Å². The number of aryl methyl sites for hydroxylation is 1. The highest BCUT2D eigenvalue weighted by Gasteiger charge is 2.16. The fraction of sp³-hybridized carbons (Fsp3) is 0.136. The predicted molar refractivity (Wildman–Crippen MR) is 114 cm³/mol. The van der Waals surface area contributed by atoms with Crippen LogP contribution in [0.25, 0.3) is 0 Å². The number of hydrogen-bond donors (Lipinski definition) is 2. The lowest BCUT2D eigenvalue weighted by molar-refractivity contribution is 0.102. The van der Waals surface area contributed by atoms with Gasteiger partial charge < -0.3 is 10.1 Å². The van der Waals surface area contributed by atoms with Gasteiger partial charge in [-0.05, 0) is 67.4 Å². The maximum Gasteiger partial charge on any atom is 0.261 e. The van der Waals surface area contributed by atoms with Crippen molar-refractivity contribution < 1.29 is 17.9 Å². The second-order valence-electron chi connectivity index (χ2n) is 6.56. The smallest absolute Gasteiger partial charge is 0.261 e. The van der Waals surface area contributed by atoms with Crippen LogP contribution in [0.2, 0.25) is 0 Å². The van der Waals surface area contributed by atoms with Crippen LogP contribution in [0.3, 0.4) is 0 Å². The van der Waals surface area contributed by atoms with E-state index in [0.717, 1.165) is 11.1 Å². The second kappa shape index (κ2) is 8.36. The molecule has 0 heterocycles. The molecule has 6 nitrogen and oxygen atoms in total. The summed E-state index contributed by atoms with van der Waals surface area (Å²) in [6, 6.07) is 18.2. The number of benzene rings is 3. The van der Waals surface area contributed by atoms with Crippen LogP contribution < -0.4 is 14.8 Å². The fourth-order valence-electron chi connectivity index (χ4n) is 2.75. The molecule has 3 aromatic rings. The lowest BCUT2D eigenvalue weighted by Gasteiger charge is -2.12. The van der Waals surface area contributed by atoms with E-state index >= 15 is 0 Å². The molecule has 0 bridgehead atoms. The number of rotatable bonds is 6. The normalized spacial score (nSPS) is 11.0. The van der Waals surface area contributed by atoms with Gasteiger partial charge in [0.15, 0.2) is 0 Å². The van der Waals surface area contributed by atoms with Gasteiger partial charge >= 0.3 is 0 Å². The Hall–Kier alpha value is -3.32. The predicted octanol–water partition coefficient (Wildman–Crippen LogP) is 4.37. The number of carbonyl (C=O) groups excluding carboxylic acids is 1. The molecule has 2 N–H and O–H groups in total. The number of methoxy groups -OCH3 is 1. The summed E-state index contributed by atoms with van der Waals surface area (Å²) in [4.78, 5) is 12.5. The quantitative estimate of drug-likeness (QED) is 0.632. The van der Waals surface area contributed by atoms with Crippen LogP contribution in [0.1, 0.15) is 21.5 Å². The Balaban J connectivity index is 1.76. The van der Waals surface area contributed by atoms with Crippen molar-refractivity contribution in [2.75, 3.05) is 17.1 Å². The Kier molecular flexibility index (Phi) is 5.89. The number of hydrogen-bond acceptors (Lipinski definition) is 4. The Morgan fingerprint density at radius 1 is 0.931 bits per heavy atom. The van der Waals surface area contributed by atoms with Gasteiger partial charge in [-0.25, -0.2) is 8.42 Å². The third-order valence-corrected chi connectivity index (χ3v) is 5.98. The third-order valence-electron chi connectivity index (χ3n) is 4.60. The maximum absolute atomic E-state index is 12.7. The molecule has 0 aliphatic heterocycles. The highest BCUT2D eigenvalue weighted by molar-refractivity contribution is 7.92. The first-order valence-electron chi connectivity index (χ1n) is 8.94. The number of nitrogens with one attached hydrogen (secondary N) is 2. The third kappa shape index (κ3) is 4.75. The van der Waals surface area contributed by atoms with Crippen molar-refractivity contribution >= 4 is 27.3 Å². The molecule has 0 fully saturated rings. The van der Waals surface area contributed by atoms with E-state index in [0.29, 0.717) is 22.7 Å². The Bertz CT molecular complexity index is 1140. The van der Waals surface area contributed by atoms with Gasteiger partial charge in [-0.2, -0.15) is 0 Å². The molecule has 0 aromatic heterocycles. The molecule has 3 rings (SSSR count). The van der Waals surface area contributed by atoms with Crippen LogP contribution >= 0.6 is 0 Å². The van der Waals surface area contributed by atoms with Crippen molar-refractivity contribution in [3.63, 3.8) is 0 Å². The molecule has 0 radical (unpaired) electrons. The molecular weight excluding hydrogens is 388 g/mol. The van der Waals surface area contributed by atoms with E-state index in [1.807, 2.05) is 19.9 Å². The molecule has 29 heavy (non-hydrogen) atoms. The van der Waals surface area contributed by atoms with Gasteiger partial charge in [-0.15, -0.1) is 0 Å². The van der Waals surface area contributed by atoms with Gasteiger partial charge in [0.05, 0.1) is 17.7 Å². The number of ether oxygens (including phenoxy) is 1. The summed E-state index contributed by atoms with van der Waals surface area (Å²) in [6.07, 6.45) is 0. The number of anilines is 2. The zero-order valence-corrected chi connectivity index (χ0v) is 17.2. The van der Waals surface area contributed by atoms with Crippen LogP contribution in [0.4, 0.5) is 11.4 Å². The fourth-order valence-corrected chi connectivity index (χ4v) is 3.88. The van der Waals surface area contributed by atoms with Crippen LogP contribution in [0.5, 0.6) is 5.75 Å². The molecule has 0 aliphatic rings.